The Bertz CT molecular complexity index is 129. The molecule has 86 valence electrons. The first-order valence-electron chi connectivity index (χ1n) is 6.35. The van der Waals surface area contributed by atoms with Crippen LogP contribution in [0.1, 0.15) is 60.3 Å². The third kappa shape index (κ3) is 4.00. The van der Waals surface area contributed by atoms with E-state index < -0.39 is 0 Å². The molecule has 0 rings (SSSR count). The van der Waals surface area contributed by atoms with Gasteiger partial charge in [0, 0.05) is 6.54 Å². The predicted octanol–water partition coefficient (Wildman–Crippen LogP) is 3.84. The molecule has 0 saturated carbocycles. The van der Waals surface area contributed by atoms with Crippen molar-refractivity contribution in [3.8, 4) is 0 Å². The molecule has 14 heavy (non-hydrogen) atoms. The van der Waals surface area contributed by atoms with Crippen molar-refractivity contribution in [2.45, 2.75) is 60.3 Å². The Hall–Kier alpha value is -0.0400. The first kappa shape index (κ1) is 14.0. The molecule has 0 aliphatic heterocycles. The van der Waals surface area contributed by atoms with E-state index in [9.17, 15) is 0 Å². The van der Waals surface area contributed by atoms with Gasteiger partial charge in [-0.2, -0.15) is 0 Å². The predicted molar refractivity (Wildman–Crippen MR) is 65.6 cm³/mol. The van der Waals surface area contributed by atoms with E-state index in [1.807, 2.05) is 0 Å². The highest BCUT2D eigenvalue weighted by atomic mass is 14.9. The second-order valence-electron chi connectivity index (χ2n) is 4.70. The lowest BCUT2D eigenvalue weighted by molar-refractivity contribution is 0.152. The molecule has 0 aliphatic rings. The molecule has 0 bridgehead atoms. The summed E-state index contributed by atoms with van der Waals surface area (Å²) in [6.45, 7) is 13.9. The molecule has 0 aliphatic carbocycles. The highest BCUT2D eigenvalue weighted by Crippen LogP contribution is 2.36. The molecule has 1 atom stereocenters. The van der Waals surface area contributed by atoms with E-state index in [4.69, 9.17) is 0 Å². The van der Waals surface area contributed by atoms with Gasteiger partial charge in [0.1, 0.15) is 0 Å². The lowest BCUT2D eigenvalue weighted by Gasteiger charge is -2.37. The summed E-state index contributed by atoms with van der Waals surface area (Å²) in [5.41, 5.74) is 0.508. The van der Waals surface area contributed by atoms with Gasteiger partial charge < -0.3 is 5.32 Å². The number of hydrogen-bond acceptors (Lipinski definition) is 1. The molecule has 0 aromatic heterocycles. The zero-order valence-corrected chi connectivity index (χ0v) is 10.8. The van der Waals surface area contributed by atoms with Crippen molar-refractivity contribution in [1.82, 2.24) is 5.32 Å². The topological polar surface area (TPSA) is 12.0 Å². The number of hydrogen-bond donors (Lipinski definition) is 1. The van der Waals surface area contributed by atoms with Gasteiger partial charge in [0.25, 0.3) is 0 Å². The van der Waals surface area contributed by atoms with Crippen LogP contribution in [0.25, 0.3) is 0 Å². The quantitative estimate of drug-likeness (QED) is 0.626. The van der Waals surface area contributed by atoms with Gasteiger partial charge >= 0.3 is 0 Å². The van der Waals surface area contributed by atoms with E-state index >= 15 is 0 Å². The molecule has 0 amide bonds. The van der Waals surface area contributed by atoms with Crippen molar-refractivity contribution in [3.63, 3.8) is 0 Å². The highest BCUT2D eigenvalue weighted by Gasteiger charge is 2.30. The summed E-state index contributed by atoms with van der Waals surface area (Å²) >= 11 is 0. The average Bonchev–Trinajstić information content (AvgIpc) is 2.17. The highest BCUT2D eigenvalue weighted by molar-refractivity contribution is 4.82. The minimum Gasteiger partial charge on any atom is -0.316 e. The van der Waals surface area contributed by atoms with Crippen LogP contribution in [0.2, 0.25) is 0 Å². The summed E-state index contributed by atoms with van der Waals surface area (Å²) in [5, 5.41) is 3.52. The fourth-order valence-electron chi connectivity index (χ4n) is 2.69. The summed E-state index contributed by atoms with van der Waals surface area (Å²) in [5.74, 6) is 0.876. The summed E-state index contributed by atoms with van der Waals surface area (Å²) < 4.78 is 0. The van der Waals surface area contributed by atoms with Crippen LogP contribution in [0.15, 0.2) is 0 Å². The van der Waals surface area contributed by atoms with Crippen LogP contribution in [-0.2, 0) is 0 Å². The summed E-state index contributed by atoms with van der Waals surface area (Å²) in [6.07, 6.45) is 5.29. The molecule has 1 heteroatoms. The maximum atomic E-state index is 3.52. The van der Waals surface area contributed by atoms with E-state index in [0.717, 1.165) is 12.5 Å². The molecular formula is C13H29N. The Kier molecular flexibility index (Phi) is 7.26. The Morgan fingerprint density at radius 3 is 2.00 bits per heavy atom. The molecule has 0 radical (unpaired) electrons. The monoisotopic (exact) mass is 199 g/mol. The van der Waals surface area contributed by atoms with Crippen molar-refractivity contribution in [2.75, 3.05) is 13.1 Å². The van der Waals surface area contributed by atoms with Crippen LogP contribution in [0.3, 0.4) is 0 Å². The summed E-state index contributed by atoms with van der Waals surface area (Å²) in [7, 11) is 0. The van der Waals surface area contributed by atoms with Crippen LogP contribution in [0, 0.1) is 11.3 Å². The smallest absolute Gasteiger partial charge is 0.000769 e. The molecule has 0 spiro atoms. The van der Waals surface area contributed by atoms with E-state index in [1.54, 1.807) is 0 Å². The van der Waals surface area contributed by atoms with Gasteiger partial charge in [0.2, 0.25) is 0 Å². The lowest BCUT2D eigenvalue weighted by atomic mass is 9.71. The Morgan fingerprint density at radius 2 is 1.64 bits per heavy atom. The van der Waals surface area contributed by atoms with Gasteiger partial charge in [-0.3, -0.25) is 0 Å². The second-order valence-corrected chi connectivity index (χ2v) is 4.70. The van der Waals surface area contributed by atoms with E-state index in [1.165, 1.54) is 32.2 Å². The minimum atomic E-state index is 0.508. The summed E-state index contributed by atoms with van der Waals surface area (Å²) in [6, 6.07) is 0. The maximum Gasteiger partial charge on any atom is 0.000769 e. The van der Waals surface area contributed by atoms with Crippen LogP contribution in [0.4, 0.5) is 0 Å². The summed E-state index contributed by atoms with van der Waals surface area (Å²) in [4.78, 5) is 0. The molecule has 0 saturated heterocycles. The zero-order chi connectivity index (χ0) is 11.0. The molecule has 0 aromatic carbocycles. The number of rotatable bonds is 8. The normalized spacial score (nSPS) is 15.9. The molecule has 1 nitrogen and oxygen atoms in total. The molecule has 1 N–H and O–H groups in total. The van der Waals surface area contributed by atoms with Gasteiger partial charge in [0.05, 0.1) is 0 Å². The Labute approximate surface area is 90.7 Å². The molecule has 0 fully saturated rings. The molecular weight excluding hydrogens is 170 g/mol. The first-order valence-corrected chi connectivity index (χ1v) is 6.35. The van der Waals surface area contributed by atoms with Crippen molar-refractivity contribution >= 4 is 0 Å². The van der Waals surface area contributed by atoms with Crippen molar-refractivity contribution in [3.05, 3.63) is 0 Å². The van der Waals surface area contributed by atoms with Gasteiger partial charge in [0.15, 0.2) is 0 Å². The first-order chi connectivity index (χ1) is 6.64. The third-order valence-electron chi connectivity index (χ3n) is 3.57. The Morgan fingerprint density at radius 1 is 1.07 bits per heavy atom. The van der Waals surface area contributed by atoms with Crippen LogP contribution >= 0.6 is 0 Å². The van der Waals surface area contributed by atoms with E-state index in [2.05, 4.69) is 39.9 Å². The van der Waals surface area contributed by atoms with Crippen LogP contribution in [-0.4, -0.2) is 13.1 Å². The molecule has 0 heterocycles. The average molecular weight is 199 g/mol. The van der Waals surface area contributed by atoms with Crippen molar-refractivity contribution in [1.29, 1.82) is 0 Å². The van der Waals surface area contributed by atoms with Crippen molar-refractivity contribution in [2.24, 2.45) is 11.3 Å². The largest absolute Gasteiger partial charge is 0.316 e. The fourth-order valence-corrected chi connectivity index (χ4v) is 2.69. The van der Waals surface area contributed by atoms with Gasteiger partial charge in [-0.15, -0.1) is 0 Å². The zero-order valence-electron chi connectivity index (χ0n) is 10.8. The van der Waals surface area contributed by atoms with E-state index in [-0.39, 0.29) is 0 Å². The van der Waals surface area contributed by atoms with Gasteiger partial charge in [-0.25, -0.2) is 0 Å². The maximum absolute atomic E-state index is 3.52. The van der Waals surface area contributed by atoms with Crippen LogP contribution < -0.4 is 5.32 Å². The fraction of sp³-hybridized carbons (Fsp3) is 1.00. The molecule has 0 aromatic rings. The second kappa shape index (κ2) is 7.28. The van der Waals surface area contributed by atoms with Gasteiger partial charge in [-0.05, 0) is 24.3 Å². The Balaban J connectivity index is 4.33. The van der Waals surface area contributed by atoms with Gasteiger partial charge in [-0.1, -0.05) is 53.9 Å². The molecule has 1 unspecified atom stereocenters. The van der Waals surface area contributed by atoms with Crippen LogP contribution in [0.5, 0.6) is 0 Å². The lowest BCUT2D eigenvalue weighted by Crippen LogP contribution is -2.37. The van der Waals surface area contributed by atoms with Crippen molar-refractivity contribution < 1.29 is 0 Å². The minimum absolute atomic E-state index is 0.508. The SMILES string of the molecule is CCCC(C)(CNCC)C(CC)CC. The third-order valence-corrected chi connectivity index (χ3v) is 3.57. The number of nitrogens with one attached hydrogen (secondary N) is 1. The van der Waals surface area contributed by atoms with E-state index in [0.29, 0.717) is 5.41 Å². The standard InChI is InChI=1S/C13H29N/c1-6-10-13(5,11-14-9-4)12(7-2)8-3/h12,14H,6-11H2,1-5H3.